The lowest BCUT2D eigenvalue weighted by molar-refractivity contribution is -0.143. The van der Waals surface area contributed by atoms with E-state index in [4.69, 9.17) is 0 Å². The fourth-order valence-electron chi connectivity index (χ4n) is 11.4. The Balaban J connectivity index is 2.93. The molecule has 71 heavy (non-hydrogen) atoms. The lowest BCUT2D eigenvalue weighted by atomic mass is 9.93. The number of carbonyl (C=O) groups is 2. The first-order chi connectivity index (χ1) is 34.9. The Morgan fingerprint density at radius 1 is 0.423 bits per heavy atom. The largest absolute Gasteiger partial charge is 0.480 e. The number of unbranched alkanes of at least 4 members (excludes halogenated alkanes) is 36. The summed E-state index contributed by atoms with van der Waals surface area (Å²) in [6, 6.07) is -0.388. The first-order valence-electron chi connectivity index (χ1n) is 32.6. The van der Waals surface area contributed by atoms with Crippen molar-refractivity contribution in [2.24, 2.45) is 5.92 Å². The fourth-order valence-corrected chi connectivity index (χ4v) is 11.4. The smallest absolute Gasteiger partial charge is 0.320 e. The van der Waals surface area contributed by atoms with E-state index >= 15 is 0 Å². The third-order valence-electron chi connectivity index (χ3n) is 16.4. The maximum Gasteiger partial charge on any atom is 0.320 e. The number of hydrogen-bond acceptors (Lipinski definition) is 5. The molecular formula is C64H128N4O3. The Kier molecular flexibility index (Phi) is 49.9. The van der Waals surface area contributed by atoms with E-state index in [1.54, 1.807) is 0 Å². The third kappa shape index (κ3) is 41.7. The Labute approximate surface area is 445 Å². The molecule has 422 valence electrons. The summed E-state index contributed by atoms with van der Waals surface area (Å²) in [6.07, 6.45) is 57.9. The lowest BCUT2D eigenvalue weighted by Gasteiger charge is -2.36. The third-order valence-corrected chi connectivity index (χ3v) is 16.4. The molecule has 0 aromatic carbocycles. The van der Waals surface area contributed by atoms with Gasteiger partial charge in [0, 0.05) is 26.2 Å². The van der Waals surface area contributed by atoms with E-state index in [2.05, 4.69) is 54.2 Å². The highest BCUT2D eigenvalue weighted by Gasteiger charge is 2.29. The molecule has 0 aromatic heterocycles. The first kappa shape index (κ1) is 67.8. The van der Waals surface area contributed by atoms with Crippen LogP contribution in [0.15, 0.2) is 0 Å². The molecule has 1 fully saturated rings. The molecule has 2 atom stereocenters. The minimum atomic E-state index is -0.628. The molecule has 0 spiro atoms. The van der Waals surface area contributed by atoms with Crippen LogP contribution < -0.4 is 0 Å². The summed E-state index contributed by atoms with van der Waals surface area (Å²) in [5, 5.41) is 10.7. The van der Waals surface area contributed by atoms with Gasteiger partial charge in [-0.2, -0.15) is 0 Å². The van der Waals surface area contributed by atoms with Gasteiger partial charge < -0.3 is 14.9 Å². The van der Waals surface area contributed by atoms with Crippen molar-refractivity contribution >= 4 is 11.9 Å². The Morgan fingerprint density at radius 2 is 0.761 bits per heavy atom. The fraction of sp³-hybridized carbons (Fsp3) is 0.969. The number of piperidine rings is 1. The summed E-state index contributed by atoms with van der Waals surface area (Å²) in [5.74, 6) is 0.150. The average Bonchev–Trinajstić information content (AvgIpc) is 3.37. The van der Waals surface area contributed by atoms with E-state index in [-0.39, 0.29) is 6.04 Å². The van der Waals surface area contributed by atoms with Crippen LogP contribution >= 0.6 is 0 Å². The molecule has 1 aliphatic heterocycles. The number of rotatable bonds is 56. The molecule has 2 unspecified atom stereocenters. The van der Waals surface area contributed by atoms with Gasteiger partial charge in [-0.3, -0.25) is 19.4 Å². The summed E-state index contributed by atoms with van der Waals surface area (Å²) in [4.78, 5) is 37.2. The lowest BCUT2D eigenvalue weighted by Crippen LogP contribution is -2.48. The van der Waals surface area contributed by atoms with Gasteiger partial charge >= 0.3 is 5.97 Å². The van der Waals surface area contributed by atoms with E-state index < -0.39 is 5.97 Å². The molecule has 0 saturated carbocycles. The van der Waals surface area contributed by atoms with Crippen LogP contribution in [0.3, 0.4) is 0 Å². The van der Waals surface area contributed by atoms with Gasteiger partial charge in [-0.25, -0.2) is 0 Å². The molecule has 0 radical (unpaired) electrons. The van der Waals surface area contributed by atoms with Gasteiger partial charge in [0.25, 0.3) is 0 Å². The van der Waals surface area contributed by atoms with Gasteiger partial charge in [-0.1, -0.05) is 272 Å². The van der Waals surface area contributed by atoms with Crippen LogP contribution in [0.4, 0.5) is 0 Å². The maximum absolute atomic E-state index is 14.3. The predicted octanol–water partition coefficient (Wildman–Crippen LogP) is 18.5. The van der Waals surface area contributed by atoms with Crippen LogP contribution in [0.1, 0.15) is 324 Å². The molecule has 1 aliphatic rings. The standard InChI is InChI=1S/C64H128N4O3/c1-6-11-16-21-26-28-29-30-31-36-41-46-54-67(62(64(70)71)49-42-37-32-27-22-17-12-7-2)56-50-61-48-47-55-68(59-61)63(69)60-66(53-45-40-35-25-20-15-10-5)58-57-65(51-43-38-33-23-18-13-8-3)52-44-39-34-24-19-14-9-4/h61-62H,6-60H2,1-5H3,(H,70,71). The van der Waals surface area contributed by atoms with Crippen molar-refractivity contribution in [1.29, 1.82) is 0 Å². The van der Waals surface area contributed by atoms with Crippen molar-refractivity contribution in [3.63, 3.8) is 0 Å². The molecule has 7 nitrogen and oxygen atoms in total. The van der Waals surface area contributed by atoms with E-state index in [1.165, 1.54) is 257 Å². The van der Waals surface area contributed by atoms with Gasteiger partial charge in [0.1, 0.15) is 6.04 Å². The molecule has 1 amide bonds. The molecule has 0 aliphatic carbocycles. The van der Waals surface area contributed by atoms with Crippen LogP contribution in [0.5, 0.6) is 0 Å². The molecule has 1 heterocycles. The zero-order valence-electron chi connectivity index (χ0n) is 49.1. The van der Waals surface area contributed by atoms with E-state index in [9.17, 15) is 14.7 Å². The monoisotopic (exact) mass is 1000 g/mol. The van der Waals surface area contributed by atoms with Crippen LogP contribution in [0.25, 0.3) is 0 Å². The minimum absolute atomic E-state index is 0.329. The number of aliphatic carboxylic acids is 1. The summed E-state index contributed by atoms with van der Waals surface area (Å²) in [5.41, 5.74) is 0. The summed E-state index contributed by atoms with van der Waals surface area (Å²) >= 11 is 0. The second kappa shape index (κ2) is 52.3. The average molecular weight is 1000 g/mol. The SMILES string of the molecule is CCCCCCCCCCCCCCN(CCC1CCCN(C(=O)CN(CCCCCCCCC)CCN(CCCCCCCCC)CCCCCCCCC)C1)C(CCCCCCCCCC)C(=O)O. The number of hydrogen-bond donors (Lipinski definition) is 1. The quantitative estimate of drug-likeness (QED) is 0.0613. The second-order valence-corrected chi connectivity index (χ2v) is 23.2. The van der Waals surface area contributed by atoms with Crippen LogP contribution in [-0.2, 0) is 9.59 Å². The summed E-state index contributed by atoms with van der Waals surface area (Å²) in [6.45, 7) is 21.0. The highest BCUT2D eigenvalue weighted by molar-refractivity contribution is 5.78. The summed E-state index contributed by atoms with van der Waals surface area (Å²) < 4.78 is 0. The highest BCUT2D eigenvalue weighted by atomic mass is 16.4. The van der Waals surface area contributed by atoms with Gasteiger partial charge in [0.05, 0.1) is 6.54 Å². The van der Waals surface area contributed by atoms with E-state index in [1.807, 2.05) is 0 Å². The number of nitrogens with zero attached hydrogens (tertiary/aromatic N) is 4. The topological polar surface area (TPSA) is 67.3 Å². The summed E-state index contributed by atoms with van der Waals surface area (Å²) in [7, 11) is 0. The highest BCUT2D eigenvalue weighted by Crippen LogP contribution is 2.24. The number of carboxylic acids is 1. The molecule has 1 rings (SSSR count). The van der Waals surface area contributed by atoms with Crippen molar-refractivity contribution in [2.75, 3.05) is 65.4 Å². The number of likely N-dealkylation sites (tertiary alicyclic amines) is 1. The molecule has 1 N–H and O–H groups in total. The molecule has 7 heteroatoms. The predicted molar refractivity (Wildman–Crippen MR) is 312 cm³/mol. The molecule has 0 aromatic rings. The maximum atomic E-state index is 14.3. The molecular weight excluding hydrogens is 873 g/mol. The zero-order chi connectivity index (χ0) is 51.5. The molecule has 1 saturated heterocycles. The second-order valence-electron chi connectivity index (χ2n) is 23.2. The van der Waals surface area contributed by atoms with Crippen molar-refractivity contribution in [3.05, 3.63) is 0 Å². The van der Waals surface area contributed by atoms with Crippen LogP contribution in [-0.4, -0.2) is 108 Å². The Morgan fingerprint density at radius 3 is 1.15 bits per heavy atom. The zero-order valence-corrected chi connectivity index (χ0v) is 49.1. The first-order valence-corrected chi connectivity index (χ1v) is 32.6. The van der Waals surface area contributed by atoms with Gasteiger partial charge in [0.2, 0.25) is 5.91 Å². The van der Waals surface area contributed by atoms with Gasteiger partial charge in [0.15, 0.2) is 0 Å². The van der Waals surface area contributed by atoms with Gasteiger partial charge in [-0.15, -0.1) is 0 Å². The Hall–Kier alpha value is -1.18. The van der Waals surface area contributed by atoms with Crippen molar-refractivity contribution < 1.29 is 14.7 Å². The van der Waals surface area contributed by atoms with Crippen molar-refractivity contribution in [1.82, 2.24) is 19.6 Å². The Bertz CT molecular complexity index is 1100. The minimum Gasteiger partial charge on any atom is -0.480 e. The van der Waals surface area contributed by atoms with E-state index in [0.29, 0.717) is 18.4 Å². The normalized spacial score (nSPS) is 14.7. The van der Waals surface area contributed by atoms with E-state index in [0.717, 1.165) is 90.8 Å². The number of carbonyl (C=O) groups excluding carboxylic acids is 1. The molecule has 0 bridgehead atoms. The number of carboxylic acid groups (broad SMARTS) is 1. The van der Waals surface area contributed by atoms with Crippen LogP contribution in [0.2, 0.25) is 0 Å². The van der Waals surface area contributed by atoms with Gasteiger partial charge in [-0.05, 0) is 90.0 Å². The van der Waals surface area contributed by atoms with Crippen molar-refractivity contribution in [2.45, 2.75) is 330 Å². The number of amides is 1. The van der Waals surface area contributed by atoms with Crippen molar-refractivity contribution in [3.8, 4) is 0 Å². The van der Waals surface area contributed by atoms with Crippen LogP contribution in [0, 0.1) is 5.92 Å².